The van der Waals surface area contributed by atoms with Crippen LogP contribution in [0.4, 0.5) is 0 Å². The zero-order valence-corrected chi connectivity index (χ0v) is 14.9. The first-order valence-corrected chi connectivity index (χ1v) is 9.22. The summed E-state index contributed by atoms with van der Waals surface area (Å²) in [4.78, 5) is 26.5. The van der Waals surface area contributed by atoms with E-state index in [9.17, 15) is 9.59 Å². The minimum Gasteiger partial charge on any atom is -0.455 e. The van der Waals surface area contributed by atoms with Crippen molar-refractivity contribution in [2.45, 2.75) is 43.0 Å². The van der Waals surface area contributed by atoms with Crippen molar-refractivity contribution in [1.82, 2.24) is 4.90 Å². The maximum absolute atomic E-state index is 12.1. The lowest BCUT2D eigenvalue weighted by Gasteiger charge is -2.31. The summed E-state index contributed by atoms with van der Waals surface area (Å²) in [6.45, 7) is -0.174. The van der Waals surface area contributed by atoms with Gasteiger partial charge in [0.2, 0.25) is 0 Å². The largest absolute Gasteiger partial charge is 0.455 e. The first-order valence-electron chi connectivity index (χ1n) is 7.86. The van der Waals surface area contributed by atoms with Gasteiger partial charge in [0.1, 0.15) is 0 Å². The third kappa shape index (κ3) is 6.07. The minimum absolute atomic E-state index is 0.123. The highest BCUT2D eigenvalue weighted by atomic mass is 35.5. The molecule has 2 rings (SSSR count). The van der Waals surface area contributed by atoms with Gasteiger partial charge in [-0.05, 0) is 37.1 Å². The molecule has 1 aliphatic rings. The van der Waals surface area contributed by atoms with E-state index in [1.165, 1.54) is 31.0 Å². The van der Waals surface area contributed by atoms with Crippen LogP contribution in [0.3, 0.4) is 0 Å². The second-order valence-electron chi connectivity index (χ2n) is 5.70. The molecule has 1 fully saturated rings. The number of amides is 1. The molecule has 23 heavy (non-hydrogen) atoms. The van der Waals surface area contributed by atoms with Gasteiger partial charge in [-0.3, -0.25) is 9.59 Å². The predicted molar refractivity (Wildman–Crippen MR) is 92.8 cm³/mol. The number of carbonyl (C=O) groups is 2. The highest BCUT2D eigenvalue weighted by molar-refractivity contribution is 8.00. The number of hydrogen-bond donors (Lipinski definition) is 0. The Morgan fingerprint density at radius 1 is 1.22 bits per heavy atom. The summed E-state index contributed by atoms with van der Waals surface area (Å²) in [5, 5.41) is 0.660. The van der Waals surface area contributed by atoms with Gasteiger partial charge < -0.3 is 9.64 Å². The normalized spacial score (nSPS) is 15.2. The van der Waals surface area contributed by atoms with Gasteiger partial charge in [0.05, 0.1) is 5.75 Å². The van der Waals surface area contributed by atoms with E-state index in [1.807, 2.05) is 12.1 Å². The van der Waals surface area contributed by atoms with Crippen molar-refractivity contribution in [3.8, 4) is 0 Å². The molecule has 4 nitrogen and oxygen atoms in total. The highest BCUT2D eigenvalue weighted by Crippen LogP contribution is 2.22. The van der Waals surface area contributed by atoms with E-state index >= 15 is 0 Å². The van der Waals surface area contributed by atoms with E-state index in [1.54, 1.807) is 24.1 Å². The van der Waals surface area contributed by atoms with E-state index in [4.69, 9.17) is 16.3 Å². The first kappa shape index (κ1) is 18.1. The molecular formula is C17H22ClNO3S. The number of esters is 1. The third-order valence-electron chi connectivity index (χ3n) is 4.04. The van der Waals surface area contributed by atoms with Crippen LogP contribution in [-0.2, 0) is 14.3 Å². The van der Waals surface area contributed by atoms with Crippen LogP contribution in [0, 0.1) is 0 Å². The van der Waals surface area contributed by atoms with Crippen molar-refractivity contribution in [3.63, 3.8) is 0 Å². The molecule has 126 valence electrons. The Morgan fingerprint density at radius 3 is 2.52 bits per heavy atom. The molecule has 0 atom stereocenters. The van der Waals surface area contributed by atoms with Gasteiger partial charge in [-0.15, -0.1) is 11.8 Å². The Bertz CT molecular complexity index is 529. The molecule has 0 aromatic heterocycles. The molecule has 0 N–H and O–H groups in total. The van der Waals surface area contributed by atoms with E-state index in [0.717, 1.165) is 17.7 Å². The lowest BCUT2D eigenvalue weighted by atomic mass is 9.94. The van der Waals surface area contributed by atoms with Crippen molar-refractivity contribution >= 4 is 35.2 Å². The van der Waals surface area contributed by atoms with Crippen molar-refractivity contribution in [2.75, 3.05) is 19.4 Å². The number of benzene rings is 1. The fraction of sp³-hybridized carbons (Fsp3) is 0.529. The van der Waals surface area contributed by atoms with Gasteiger partial charge in [-0.25, -0.2) is 0 Å². The van der Waals surface area contributed by atoms with Gasteiger partial charge in [-0.2, -0.15) is 0 Å². The number of likely N-dealkylation sites (N-methyl/N-ethyl adjacent to an activating group) is 1. The smallest absolute Gasteiger partial charge is 0.316 e. The van der Waals surface area contributed by atoms with Crippen LogP contribution in [0.5, 0.6) is 0 Å². The summed E-state index contributed by atoms with van der Waals surface area (Å²) in [5.74, 6) is -0.320. The summed E-state index contributed by atoms with van der Waals surface area (Å²) < 4.78 is 5.08. The third-order valence-corrected chi connectivity index (χ3v) is 5.28. The van der Waals surface area contributed by atoms with E-state index in [-0.39, 0.29) is 24.2 Å². The van der Waals surface area contributed by atoms with Crippen LogP contribution in [0.1, 0.15) is 32.1 Å². The van der Waals surface area contributed by atoms with Crippen molar-refractivity contribution < 1.29 is 14.3 Å². The second-order valence-corrected chi connectivity index (χ2v) is 7.18. The Labute approximate surface area is 146 Å². The molecule has 6 heteroatoms. The van der Waals surface area contributed by atoms with Crippen LogP contribution in [0.15, 0.2) is 29.2 Å². The maximum atomic E-state index is 12.1. The number of rotatable bonds is 6. The molecule has 0 bridgehead atoms. The lowest BCUT2D eigenvalue weighted by Crippen LogP contribution is -2.40. The van der Waals surface area contributed by atoms with Crippen LogP contribution in [-0.4, -0.2) is 42.2 Å². The molecule has 0 aliphatic heterocycles. The Balaban J connectivity index is 1.68. The van der Waals surface area contributed by atoms with Gasteiger partial charge >= 0.3 is 5.97 Å². The predicted octanol–water partition coefficient (Wildman–Crippen LogP) is 3.77. The molecule has 1 saturated carbocycles. The van der Waals surface area contributed by atoms with Crippen molar-refractivity contribution in [1.29, 1.82) is 0 Å². The SMILES string of the molecule is CN(C(=O)COC(=O)CSc1ccc(Cl)cc1)C1CCCCC1. The molecule has 1 aromatic rings. The van der Waals surface area contributed by atoms with Gasteiger partial charge in [0.15, 0.2) is 6.61 Å². The lowest BCUT2D eigenvalue weighted by molar-refractivity contribution is -0.150. The molecule has 0 heterocycles. The molecule has 0 radical (unpaired) electrons. The Kier molecular flexibility index (Phi) is 7.24. The number of nitrogens with zero attached hydrogens (tertiary/aromatic N) is 1. The zero-order chi connectivity index (χ0) is 16.7. The molecule has 1 amide bonds. The van der Waals surface area contributed by atoms with Gasteiger partial charge in [0.25, 0.3) is 5.91 Å². The minimum atomic E-state index is -0.379. The fourth-order valence-corrected chi connectivity index (χ4v) is 3.45. The summed E-state index contributed by atoms with van der Waals surface area (Å²) in [7, 11) is 1.80. The van der Waals surface area contributed by atoms with Gasteiger partial charge in [-0.1, -0.05) is 30.9 Å². The Hall–Kier alpha value is -1.20. The Morgan fingerprint density at radius 2 is 1.87 bits per heavy atom. The van der Waals surface area contributed by atoms with Crippen LogP contribution in [0.25, 0.3) is 0 Å². The van der Waals surface area contributed by atoms with Gasteiger partial charge in [0, 0.05) is 23.0 Å². The van der Waals surface area contributed by atoms with E-state index < -0.39 is 0 Å². The second kappa shape index (κ2) is 9.18. The van der Waals surface area contributed by atoms with Crippen LogP contribution < -0.4 is 0 Å². The number of carbonyl (C=O) groups excluding carboxylic acids is 2. The fourth-order valence-electron chi connectivity index (χ4n) is 2.63. The number of halogens is 1. The maximum Gasteiger partial charge on any atom is 0.316 e. The van der Waals surface area contributed by atoms with Crippen LogP contribution >= 0.6 is 23.4 Å². The standard InChI is InChI=1S/C17H22ClNO3S/c1-19(14-5-3-2-4-6-14)16(20)11-22-17(21)12-23-15-9-7-13(18)8-10-15/h7-10,14H,2-6,11-12H2,1H3. The molecule has 0 spiro atoms. The number of hydrogen-bond acceptors (Lipinski definition) is 4. The summed E-state index contributed by atoms with van der Waals surface area (Å²) in [6, 6.07) is 7.54. The average Bonchev–Trinajstić information content (AvgIpc) is 2.59. The van der Waals surface area contributed by atoms with E-state index in [0.29, 0.717) is 11.1 Å². The first-order chi connectivity index (χ1) is 11.1. The number of ether oxygens (including phenoxy) is 1. The molecule has 1 aromatic carbocycles. The molecule has 0 saturated heterocycles. The molecular weight excluding hydrogens is 334 g/mol. The molecule has 0 unspecified atom stereocenters. The van der Waals surface area contributed by atoms with Crippen molar-refractivity contribution in [3.05, 3.63) is 29.3 Å². The van der Waals surface area contributed by atoms with E-state index in [2.05, 4.69) is 0 Å². The topological polar surface area (TPSA) is 46.6 Å². The van der Waals surface area contributed by atoms with Crippen LogP contribution in [0.2, 0.25) is 5.02 Å². The van der Waals surface area contributed by atoms with Crippen molar-refractivity contribution in [2.24, 2.45) is 0 Å². The summed E-state index contributed by atoms with van der Waals surface area (Å²) in [6.07, 6.45) is 5.67. The highest BCUT2D eigenvalue weighted by Gasteiger charge is 2.22. The zero-order valence-electron chi connectivity index (χ0n) is 13.3. The summed E-state index contributed by atoms with van der Waals surface area (Å²) >= 11 is 7.18. The molecule has 1 aliphatic carbocycles. The monoisotopic (exact) mass is 355 g/mol. The summed E-state index contributed by atoms with van der Waals surface area (Å²) in [5.41, 5.74) is 0. The average molecular weight is 356 g/mol. The number of thioether (sulfide) groups is 1. The quantitative estimate of drug-likeness (QED) is 0.575.